The average Bonchev–Trinajstić information content (AvgIpc) is 2.56. The van der Waals surface area contributed by atoms with Crippen molar-refractivity contribution in [1.29, 1.82) is 0 Å². The number of rotatable bonds is 4. The van der Waals surface area contributed by atoms with E-state index in [1.165, 1.54) is 6.92 Å². The number of aryl methyl sites for hydroxylation is 1. The van der Waals surface area contributed by atoms with Crippen molar-refractivity contribution in [1.82, 2.24) is 0 Å². The molecule has 1 aromatic heterocycles. The van der Waals surface area contributed by atoms with Gasteiger partial charge < -0.3 is 9.15 Å². The minimum atomic E-state index is -3.90. The van der Waals surface area contributed by atoms with Crippen molar-refractivity contribution in [3.05, 3.63) is 17.6 Å². The van der Waals surface area contributed by atoms with E-state index in [1.54, 1.807) is 0 Å². The van der Waals surface area contributed by atoms with Crippen LogP contribution in [0.3, 0.4) is 0 Å². The molecule has 0 radical (unpaired) electrons. The van der Waals surface area contributed by atoms with E-state index < -0.39 is 15.0 Å². The largest absolute Gasteiger partial charge is 0.460 e. The second-order valence-electron chi connectivity index (χ2n) is 3.10. The van der Waals surface area contributed by atoms with Crippen LogP contribution in [0.5, 0.6) is 0 Å². The number of carbonyl (C=O) groups is 1. The fourth-order valence-corrected chi connectivity index (χ4v) is 2.17. The number of hydrogen-bond donors (Lipinski definition) is 0. The summed E-state index contributed by atoms with van der Waals surface area (Å²) in [7, 11) is 1.25. The van der Waals surface area contributed by atoms with Crippen molar-refractivity contribution in [3.8, 4) is 0 Å². The summed E-state index contributed by atoms with van der Waals surface area (Å²) in [5.74, 6) is -0.792. The van der Waals surface area contributed by atoms with Gasteiger partial charge in [0.05, 0.1) is 6.61 Å². The lowest BCUT2D eigenvalue weighted by molar-refractivity contribution is 0.0467. The summed E-state index contributed by atoms with van der Waals surface area (Å²) in [4.78, 5) is 11.1. The Morgan fingerprint density at radius 2 is 2.19 bits per heavy atom. The SMILES string of the molecule is CCCOC(=O)c1cc(S(=O)(=O)Cl)c(C)o1. The van der Waals surface area contributed by atoms with Crippen molar-refractivity contribution in [2.75, 3.05) is 6.61 Å². The van der Waals surface area contributed by atoms with Gasteiger partial charge in [-0.15, -0.1) is 0 Å². The molecule has 0 spiro atoms. The van der Waals surface area contributed by atoms with Crippen molar-refractivity contribution in [2.24, 2.45) is 0 Å². The van der Waals surface area contributed by atoms with E-state index in [0.29, 0.717) is 6.42 Å². The van der Waals surface area contributed by atoms with Crippen LogP contribution in [0.25, 0.3) is 0 Å². The first kappa shape index (κ1) is 13.1. The Kier molecular flexibility index (Phi) is 3.98. The molecule has 0 aromatic carbocycles. The molecule has 0 atom stereocenters. The van der Waals surface area contributed by atoms with E-state index in [1.807, 2.05) is 6.92 Å². The third-order valence-electron chi connectivity index (χ3n) is 1.77. The highest BCUT2D eigenvalue weighted by atomic mass is 35.7. The zero-order valence-electron chi connectivity index (χ0n) is 8.82. The lowest BCUT2D eigenvalue weighted by atomic mass is 10.4. The van der Waals surface area contributed by atoms with Gasteiger partial charge >= 0.3 is 5.97 Å². The molecule has 0 aliphatic rings. The molecule has 0 unspecified atom stereocenters. The quantitative estimate of drug-likeness (QED) is 0.616. The van der Waals surface area contributed by atoms with Crippen LogP contribution in [0.2, 0.25) is 0 Å². The Hall–Kier alpha value is -1.01. The Morgan fingerprint density at radius 1 is 1.56 bits per heavy atom. The van der Waals surface area contributed by atoms with Gasteiger partial charge in [0.25, 0.3) is 9.05 Å². The molecule has 16 heavy (non-hydrogen) atoms. The number of hydrogen-bond acceptors (Lipinski definition) is 5. The topological polar surface area (TPSA) is 73.6 Å². The number of furan rings is 1. The summed E-state index contributed by atoms with van der Waals surface area (Å²) < 4.78 is 31.9. The minimum Gasteiger partial charge on any atom is -0.460 e. The summed E-state index contributed by atoms with van der Waals surface area (Å²) in [5.41, 5.74) is 0. The lowest BCUT2D eigenvalue weighted by Crippen LogP contribution is -2.04. The Balaban J connectivity index is 2.98. The average molecular weight is 267 g/mol. The van der Waals surface area contributed by atoms with Gasteiger partial charge in [-0.3, -0.25) is 0 Å². The zero-order chi connectivity index (χ0) is 12.3. The molecule has 1 aromatic rings. The van der Waals surface area contributed by atoms with Crippen molar-refractivity contribution < 1.29 is 22.4 Å². The van der Waals surface area contributed by atoms with Gasteiger partial charge in [0, 0.05) is 16.7 Å². The third-order valence-corrected chi connectivity index (χ3v) is 3.20. The van der Waals surface area contributed by atoms with E-state index >= 15 is 0 Å². The molecule has 0 N–H and O–H groups in total. The number of carbonyl (C=O) groups excluding carboxylic acids is 1. The molecular weight excluding hydrogens is 256 g/mol. The maximum absolute atomic E-state index is 11.3. The lowest BCUT2D eigenvalue weighted by Gasteiger charge is -1.98. The highest BCUT2D eigenvalue weighted by molar-refractivity contribution is 8.13. The smallest absolute Gasteiger partial charge is 0.374 e. The van der Waals surface area contributed by atoms with Crippen LogP contribution in [0.1, 0.15) is 29.7 Å². The predicted molar refractivity (Wildman–Crippen MR) is 57.1 cm³/mol. The normalized spacial score (nSPS) is 11.4. The molecule has 90 valence electrons. The van der Waals surface area contributed by atoms with E-state index in [4.69, 9.17) is 19.8 Å². The summed E-state index contributed by atoms with van der Waals surface area (Å²) in [6.07, 6.45) is 0.673. The van der Waals surface area contributed by atoms with Gasteiger partial charge in [0.15, 0.2) is 0 Å². The standard InChI is InChI=1S/C9H11ClO5S/c1-3-4-14-9(11)7-5-8(6(2)15-7)16(10,12)13/h5H,3-4H2,1-2H3. The van der Waals surface area contributed by atoms with Gasteiger partial charge in [-0.05, 0) is 13.3 Å². The van der Waals surface area contributed by atoms with Crippen molar-refractivity contribution in [2.45, 2.75) is 25.2 Å². The van der Waals surface area contributed by atoms with E-state index in [0.717, 1.165) is 6.07 Å². The molecule has 0 fully saturated rings. The fraction of sp³-hybridized carbons (Fsp3) is 0.444. The molecule has 0 amide bonds. The predicted octanol–water partition coefficient (Wildman–Crippen LogP) is 2.08. The number of ether oxygens (including phenoxy) is 1. The molecule has 0 aliphatic carbocycles. The number of halogens is 1. The Labute approximate surface area is 97.8 Å². The Morgan fingerprint density at radius 3 is 2.62 bits per heavy atom. The first-order valence-corrected chi connectivity index (χ1v) is 6.89. The molecule has 0 saturated heterocycles. The third kappa shape index (κ3) is 2.99. The zero-order valence-corrected chi connectivity index (χ0v) is 10.4. The second-order valence-corrected chi connectivity index (χ2v) is 5.64. The van der Waals surface area contributed by atoms with Gasteiger partial charge in [0.1, 0.15) is 10.7 Å². The van der Waals surface area contributed by atoms with E-state index in [2.05, 4.69) is 0 Å². The van der Waals surface area contributed by atoms with Gasteiger partial charge in [-0.1, -0.05) is 6.92 Å². The van der Waals surface area contributed by atoms with Gasteiger partial charge in [0.2, 0.25) is 5.76 Å². The van der Waals surface area contributed by atoms with Crippen LogP contribution in [0.4, 0.5) is 0 Å². The van der Waals surface area contributed by atoms with Crippen molar-refractivity contribution in [3.63, 3.8) is 0 Å². The highest BCUT2D eigenvalue weighted by Gasteiger charge is 2.22. The summed E-state index contributed by atoms with van der Waals surface area (Å²) in [6.45, 7) is 3.50. The molecule has 0 bridgehead atoms. The minimum absolute atomic E-state index is 0.0680. The molecule has 0 aliphatic heterocycles. The fourth-order valence-electron chi connectivity index (χ4n) is 1.07. The molecule has 1 rings (SSSR count). The molecule has 0 saturated carbocycles. The highest BCUT2D eigenvalue weighted by Crippen LogP contribution is 2.23. The van der Waals surface area contributed by atoms with Crippen molar-refractivity contribution >= 4 is 25.7 Å². The van der Waals surface area contributed by atoms with E-state index in [9.17, 15) is 13.2 Å². The van der Waals surface area contributed by atoms with Gasteiger partial charge in [-0.2, -0.15) is 0 Å². The second kappa shape index (κ2) is 4.88. The molecular formula is C9H11ClO5S. The molecule has 5 nitrogen and oxygen atoms in total. The number of esters is 1. The van der Waals surface area contributed by atoms with Crippen LogP contribution in [-0.4, -0.2) is 21.0 Å². The first-order chi connectivity index (χ1) is 7.36. The first-order valence-electron chi connectivity index (χ1n) is 4.58. The maximum atomic E-state index is 11.3. The monoisotopic (exact) mass is 266 g/mol. The van der Waals surface area contributed by atoms with Crippen LogP contribution in [-0.2, 0) is 13.8 Å². The summed E-state index contributed by atoms with van der Waals surface area (Å²) in [6, 6.07) is 1.07. The summed E-state index contributed by atoms with van der Waals surface area (Å²) >= 11 is 0. The molecule has 7 heteroatoms. The van der Waals surface area contributed by atoms with Crippen LogP contribution < -0.4 is 0 Å². The van der Waals surface area contributed by atoms with Gasteiger partial charge in [-0.25, -0.2) is 13.2 Å². The Bertz CT molecular complexity index is 488. The van der Waals surface area contributed by atoms with E-state index in [-0.39, 0.29) is 23.0 Å². The molecule has 1 heterocycles. The summed E-state index contributed by atoms with van der Waals surface area (Å²) in [5, 5.41) is 0. The van der Waals surface area contributed by atoms with Crippen LogP contribution in [0.15, 0.2) is 15.4 Å². The van der Waals surface area contributed by atoms with Crippen LogP contribution in [0, 0.1) is 6.92 Å². The van der Waals surface area contributed by atoms with Crippen LogP contribution >= 0.6 is 10.7 Å². The maximum Gasteiger partial charge on any atom is 0.374 e.